The summed E-state index contributed by atoms with van der Waals surface area (Å²) in [5, 5.41) is 9.29. The summed E-state index contributed by atoms with van der Waals surface area (Å²) in [7, 11) is 0. The van der Waals surface area contributed by atoms with Gasteiger partial charge in [-0.3, -0.25) is 9.59 Å². The highest BCUT2D eigenvalue weighted by Crippen LogP contribution is 2.27. The van der Waals surface area contributed by atoms with Crippen LogP contribution in [0.25, 0.3) is 5.57 Å². The van der Waals surface area contributed by atoms with Crippen LogP contribution in [0, 0.1) is 11.7 Å². The lowest BCUT2D eigenvalue weighted by Crippen LogP contribution is -2.44. The monoisotopic (exact) mass is 351 g/mol. The normalized spacial score (nSPS) is 18.2. The van der Waals surface area contributed by atoms with Gasteiger partial charge in [0.2, 0.25) is 5.91 Å². The van der Waals surface area contributed by atoms with Gasteiger partial charge in [-0.25, -0.2) is 9.18 Å². The zero-order valence-corrected chi connectivity index (χ0v) is 14.2. The number of amides is 1. The van der Waals surface area contributed by atoms with Crippen LogP contribution in [0.15, 0.2) is 30.3 Å². The molecule has 1 unspecified atom stereocenters. The molecule has 0 aromatic heterocycles. The molecule has 5 nitrogen and oxygen atoms in total. The molecule has 0 spiro atoms. The zero-order chi connectivity index (χ0) is 17.9. The molecule has 1 heterocycles. The summed E-state index contributed by atoms with van der Waals surface area (Å²) in [6, 6.07) is 4.75. The molecule has 0 aliphatic carbocycles. The molecule has 1 N–H and O–H groups in total. The number of benzene rings is 1. The number of carboxylic acids is 1. The van der Waals surface area contributed by atoms with Crippen molar-refractivity contribution in [3.05, 3.63) is 41.7 Å². The first kappa shape index (κ1) is 18.2. The van der Waals surface area contributed by atoms with Crippen LogP contribution in [0.1, 0.15) is 19.4 Å². The topological polar surface area (TPSA) is 74.7 Å². The zero-order valence-electron chi connectivity index (χ0n) is 13.4. The summed E-state index contributed by atoms with van der Waals surface area (Å²) in [5.41, 5.74) is 1.16. The Kier molecular flexibility index (Phi) is 5.77. The van der Waals surface area contributed by atoms with Gasteiger partial charge in [0, 0.05) is 25.1 Å². The SMILES string of the molecule is CC(=O)SC[C@@H](C)C(=O)N1CC(c2cccc(F)c2)=CC1C(=O)O. The Bertz CT molecular complexity index is 704. The number of aliphatic carboxylic acids is 1. The summed E-state index contributed by atoms with van der Waals surface area (Å²) in [4.78, 5) is 36.3. The van der Waals surface area contributed by atoms with Crippen molar-refractivity contribution in [2.24, 2.45) is 5.92 Å². The molecule has 7 heteroatoms. The van der Waals surface area contributed by atoms with Crippen molar-refractivity contribution in [1.82, 2.24) is 4.90 Å². The summed E-state index contributed by atoms with van der Waals surface area (Å²) in [5.74, 6) is -2.08. The number of carbonyl (C=O) groups excluding carboxylic acids is 2. The van der Waals surface area contributed by atoms with E-state index in [-0.39, 0.29) is 17.6 Å². The minimum Gasteiger partial charge on any atom is -0.479 e. The predicted octanol–water partition coefficient (Wildman–Crippen LogP) is 2.42. The van der Waals surface area contributed by atoms with E-state index < -0.39 is 23.7 Å². The second kappa shape index (κ2) is 7.61. The number of hydrogen-bond donors (Lipinski definition) is 1. The van der Waals surface area contributed by atoms with E-state index >= 15 is 0 Å². The minimum absolute atomic E-state index is 0.0931. The Hall–Kier alpha value is -2.15. The maximum Gasteiger partial charge on any atom is 0.330 e. The van der Waals surface area contributed by atoms with E-state index in [0.29, 0.717) is 16.9 Å². The smallest absolute Gasteiger partial charge is 0.330 e. The number of carboxylic acid groups (broad SMARTS) is 1. The quantitative estimate of drug-likeness (QED) is 0.882. The first-order chi connectivity index (χ1) is 11.3. The molecule has 1 aromatic carbocycles. The summed E-state index contributed by atoms with van der Waals surface area (Å²) >= 11 is 1.03. The number of hydrogen-bond acceptors (Lipinski definition) is 4. The molecule has 24 heavy (non-hydrogen) atoms. The number of carbonyl (C=O) groups is 3. The van der Waals surface area contributed by atoms with E-state index in [1.165, 1.54) is 36.1 Å². The average Bonchev–Trinajstić information content (AvgIpc) is 2.97. The molecule has 1 amide bonds. The molecule has 0 radical (unpaired) electrons. The van der Waals surface area contributed by atoms with Crippen LogP contribution < -0.4 is 0 Å². The summed E-state index contributed by atoms with van der Waals surface area (Å²) in [6.07, 6.45) is 1.47. The van der Waals surface area contributed by atoms with Crippen LogP contribution in [0.2, 0.25) is 0 Å². The Morgan fingerprint density at radius 2 is 2.12 bits per heavy atom. The molecule has 2 rings (SSSR count). The fourth-order valence-electron chi connectivity index (χ4n) is 2.51. The second-order valence-electron chi connectivity index (χ2n) is 5.66. The van der Waals surface area contributed by atoms with Gasteiger partial charge in [-0.1, -0.05) is 30.8 Å². The Morgan fingerprint density at radius 3 is 2.71 bits per heavy atom. The van der Waals surface area contributed by atoms with Gasteiger partial charge >= 0.3 is 5.97 Å². The third-order valence-corrected chi connectivity index (χ3v) is 4.80. The van der Waals surface area contributed by atoms with Gasteiger partial charge in [0.25, 0.3) is 0 Å². The van der Waals surface area contributed by atoms with Crippen LogP contribution in [-0.2, 0) is 14.4 Å². The highest BCUT2D eigenvalue weighted by Gasteiger charge is 2.36. The van der Waals surface area contributed by atoms with E-state index in [2.05, 4.69) is 0 Å². The molecule has 0 fully saturated rings. The van der Waals surface area contributed by atoms with Crippen LogP contribution in [0.5, 0.6) is 0 Å². The van der Waals surface area contributed by atoms with E-state index in [9.17, 15) is 23.9 Å². The number of thioether (sulfide) groups is 1. The molecule has 0 saturated carbocycles. The standard InChI is InChI=1S/C17H18FNO4S/c1-10(9-24-11(2)20)16(21)19-8-13(7-15(19)17(22)23)12-4-3-5-14(18)6-12/h3-7,10,15H,8-9H2,1-2H3,(H,22,23)/t10-,15?/m1/s1. The van der Waals surface area contributed by atoms with E-state index in [1.807, 2.05) is 0 Å². The highest BCUT2D eigenvalue weighted by atomic mass is 32.2. The molecule has 0 bridgehead atoms. The van der Waals surface area contributed by atoms with Crippen molar-refractivity contribution in [2.45, 2.75) is 19.9 Å². The molecular formula is C17H18FNO4S. The summed E-state index contributed by atoms with van der Waals surface area (Å²) < 4.78 is 13.4. The third kappa shape index (κ3) is 4.23. The molecule has 2 atom stereocenters. The van der Waals surface area contributed by atoms with Crippen molar-refractivity contribution < 1.29 is 23.9 Å². The van der Waals surface area contributed by atoms with Crippen molar-refractivity contribution in [2.75, 3.05) is 12.3 Å². The van der Waals surface area contributed by atoms with Gasteiger partial charge in [0.1, 0.15) is 11.9 Å². The third-order valence-electron chi connectivity index (χ3n) is 3.73. The largest absolute Gasteiger partial charge is 0.479 e. The molecular weight excluding hydrogens is 333 g/mol. The Balaban J connectivity index is 2.18. The summed E-state index contributed by atoms with van der Waals surface area (Å²) in [6.45, 7) is 3.19. The highest BCUT2D eigenvalue weighted by molar-refractivity contribution is 8.13. The van der Waals surface area contributed by atoms with Gasteiger partial charge in [-0.05, 0) is 29.3 Å². The molecule has 128 valence electrons. The van der Waals surface area contributed by atoms with Gasteiger partial charge in [-0.15, -0.1) is 0 Å². The Labute approximate surface area is 143 Å². The average molecular weight is 351 g/mol. The van der Waals surface area contributed by atoms with Gasteiger partial charge in [-0.2, -0.15) is 0 Å². The van der Waals surface area contributed by atoms with Crippen molar-refractivity contribution in [3.8, 4) is 0 Å². The maximum absolute atomic E-state index is 13.4. The molecule has 0 saturated heterocycles. The Morgan fingerprint density at radius 1 is 1.42 bits per heavy atom. The lowest BCUT2D eigenvalue weighted by Gasteiger charge is -2.25. The first-order valence-electron chi connectivity index (χ1n) is 7.43. The van der Waals surface area contributed by atoms with E-state index in [0.717, 1.165) is 11.8 Å². The fraction of sp³-hybridized carbons (Fsp3) is 0.353. The lowest BCUT2D eigenvalue weighted by atomic mass is 10.1. The maximum atomic E-state index is 13.4. The van der Waals surface area contributed by atoms with Crippen LogP contribution >= 0.6 is 11.8 Å². The van der Waals surface area contributed by atoms with Crippen molar-refractivity contribution >= 4 is 34.3 Å². The van der Waals surface area contributed by atoms with Gasteiger partial charge in [0.05, 0.1) is 0 Å². The second-order valence-corrected chi connectivity index (χ2v) is 6.85. The minimum atomic E-state index is -1.14. The number of rotatable bonds is 5. The van der Waals surface area contributed by atoms with E-state index in [1.54, 1.807) is 13.0 Å². The van der Waals surface area contributed by atoms with E-state index in [4.69, 9.17) is 0 Å². The van der Waals surface area contributed by atoms with Gasteiger partial charge in [0.15, 0.2) is 5.12 Å². The fourth-order valence-corrected chi connectivity index (χ4v) is 3.13. The predicted molar refractivity (Wildman–Crippen MR) is 89.8 cm³/mol. The molecule has 1 aliphatic rings. The van der Waals surface area contributed by atoms with Crippen molar-refractivity contribution in [1.29, 1.82) is 0 Å². The van der Waals surface area contributed by atoms with Crippen LogP contribution in [-0.4, -0.2) is 45.3 Å². The molecule has 1 aliphatic heterocycles. The first-order valence-corrected chi connectivity index (χ1v) is 8.41. The number of halogens is 1. The van der Waals surface area contributed by atoms with Crippen LogP contribution in [0.4, 0.5) is 4.39 Å². The number of nitrogens with zero attached hydrogens (tertiary/aromatic N) is 1. The lowest BCUT2D eigenvalue weighted by molar-refractivity contribution is -0.148. The van der Waals surface area contributed by atoms with Crippen LogP contribution in [0.3, 0.4) is 0 Å². The van der Waals surface area contributed by atoms with Crippen molar-refractivity contribution in [3.63, 3.8) is 0 Å². The molecule has 1 aromatic rings. The van der Waals surface area contributed by atoms with Gasteiger partial charge < -0.3 is 10.0 Å².